The van der Waals surface area contributed by atoms with Crippen molar-refractivity contribution < 1.29 is 4.74 Å². The Balaban J connectivity index is 2.13. The summed E-state index contributed by atoms with van der Waals surface area (Å²) in [6, 6.07) is 10.1. The van der Waals surface area contributed by atoms with Gasteiger partial charge in [0, 0.05) is 25.8 Å². The summed E-state index contributed by atoms with van der Waals surface area (Å²) in [5.41, 5.74) is 1.10. The molecule has 0 atom stereocenters. The monoisotopic (exact) mass is 217 g/mol. The molecule has 0 aliphatic heterocycles. The lowest BCUT2D eigenvalue weighted by molar-refractivity contribution is 0.194. The molecule has 0 aliphatic rings. The van der Waals surface area contributed by atoms with E-state index >= 15 is 0 Å². The average Bonchev–Trinajstić information content (AvgIpc) is 2.79. The Morgan fingerprint density at radius 1 is 1.25 bits per heavy atom. The molecule has 0 aliphatic carbocycles. The Morgan fingerprint density at radius 3 is 2.81 bits per heavy atom. The van der Waals surface area contributed by atoms with E-state index in [4.69, 9.17) is 4.74 Å². The molecule has 0 amide bonds. The molecule has 1 heterocycles. The van der Waals surface area contributed by atoms with Crippen LogP contribution in [0.3, 0.4) is 0 Å². The molecule has 16 heavy (non-hydrogen) atoms. The molecular formula is C12H15N3O. The van der Waals surface area contributed by atoms with Crippen molar-refractivity contribution in [2.75, 3.05) is 13.7 Å². The fraction of sp³-hybridized carbons (Fsp3) is 0.333. The van der Waals surface area contributed by atoms with E-state index in [2.05, 4.69) is 10.2 Å². The first-order chi connectivity index (χ1) is 7.92. The standard InChI is InChI=1S/C12H15N3O/c1-16-9-5-8-12-14-13-10-15(12)11-6-3-2-4-7-11/h2-4,6-7,10H,5,8-9H2,1H3. The van der Waals surface area contributed by atoms with Crippen LogP contribution in [0.1, 0.15) is 12.2 Å². The van der Waals surface area contributed by atoms with Crippen LogP contribution in [0.5, 0.6) is 0 Å². The highest BCUT2D eigenvalue weighted by molar-refractivity contribution is 5.31. The summed E-state index contributed by atoms with van der Waals surface area (Å²) in [6.45, 7) is 0.752. The summed E-state index contributed by atoms with van der Waals surface area (Å²) in [6.07, 6.45) is 3.59. The molecular weight excluding hydrogens is 202 g/mol. The number of para-hydroxylation sites is 1. The molecule has 0 saturated heterocycles. The van der Waals surface area contributed by atoms with Gasteiger partial charge in [-0.2, -0.15) is 0 Å². The van der Waals surface area contributed by atoms with Crippen molar-refractivity contribution in [2.45, 2.75) is 12.8 Å². The lowest BCUT2D eigenvalue weighted by Crippen LogP contribution is -2.02. The number of rotatable bonds is 5. The first-order valence-electron chi connectivity index (χ1n) is 5.35. The SMILES string of the molecule is COCCCc1nncn1-c1ccccc1. The predicted molar refractivity (Wildman–Crippen MR) is 61.6 cm³/mol. The summed E-state index contributed by atoms with van der Waals surface area (Å²) in [4.78, 5) is 0. The van der Waals surface area contributed by atoms with Gasteiger partial charge in [-0.05, 0) is 18.6 Å². The number of hydrogen-bond acceptors (Lipinski definition) is 3. The maximum atomic E-state index is 5.03. The van der Waals surface area contributed by atoms with Gasteiger partial charge in [0.1, 0.15) is 12.2 Å². The van der Waals surface area contributed by atoms with E-state index in [9.17, 15) is 0 Å². The van der Waals surface area contributed by atoms with Crippen molar-refractivity contribution in [1.29, 1.82) is 0 Å². The fourth-order valence-electron chi connectivity index (χ4n) is 1.61. The molecule has 4 heteroatoms. The van der Waals surface area contributed by atoms with Crippen LogP contribution in [0.25, 0.3) is 5.69 Å². The summed E-state index contributed by atoms with van der Waals surface area (Å²) < 4.78 is 7.04. The number of methoxy groups -OCH3 is 1. The molecule has 0 N–H and O–H groups in total. The third kappa shape index (κ3) is 2.46. The fourth-order valence-corrected chi connectivity index (χ4v) is 1.61. The maximum absolute atomic E-state index is 5.03. The molecule has 2 rings (SSSR count). The lowest BCUT2D eigenvalue weighted by Gasteiger charge is -2.05. The minimum absolute atomic E-state index is 0.752. The maximum Gasteiger partial charge on any atom is 0.137 e. The molecule has 0 bridgehead atoms. The van der Waals surface area contributed by atoms with Crippen LogP contribution in [-0.2, 0) is 11.2 Å². The third-order valence-electron chi connectivity index (χ3n) is 2.40. The highest BCUT2D eigenvalue weighted by Gasteiger charge is 2.05. The topological polar surface area (TPSA) is 39.9 Å². The van der Waals surface area contributed by atoms with Crippen LogP contribution in [0, 0.1) is 0 Å². The highest BCUT2D eigenvalue weighted by atomic mass is 16.5. The third-order valence-corrected chi connectivity index (χ3v) is 2.40. The van der Waals surface area contributed by atoms with Gasteiger partial charge in [0.15, 0.2) is 0 Å². The van der Waals surface area contributed by atoms with Gasteiger partial charge >= 0.3 is 0 Å². The van der Waals surface area contributed by atoms with E-state index < -0.39 is 0 Å². The smallest absolute Gasteiger partial charge is 0.137 e. The van der Waals surface area contributed by atoms with E-state index in [1.54, 1.807) is 13.4 Å². The first-order valence-corrected chi connectivity index (χ1v) is 5.35. The van der Waals surface area contributed by atoms with E-state index in [-0.39, 0.29) is 0 Å². The molecule has 1 aromatic carbocycles. The van der Waals surface area contributed by atoms with Crippen molar-refractivity contribution in [1.82, 2.24) is 14.8 Å². The van der Waals surface area contributed by atoms with Gasteiger partial charge in [0.05, 0.1) is 0 Å². The van der Waals surface area contributed by atoms with Gasteiger partial charge in [-0.1, -0.05) is 18.2 Å². The van der Waals surface area contributed by atoms with E-state index in [1.807, 2.05) is 34.9 Å². The summed E-state index contributed by atoms with van der Waals surface area (Å²) in [5.74, 6) is 0.975. The van der Waals surface area contributed by atoms with Crippen LogP contribution in [0.2, 0.25) is 0 Å². The van der Waals surface area contributed by atoms with E-state index in [1.165, 1.54) is 0 Å². The summed E-state index contributed by atoms with van der Waals surface area (Å²) >= 11 is 0. The van der Waals surface area contributed by atoms with Gasteiger partial charge in [-0.3, -0.25) is 4.57 Å². The predicted octanol–water partition coefficient (Wildman–Crippen LogP) is 1.85. The minimum Gasteiger partial charge on any atom is -0.385 e. The number of aryl methyl sites for hydroxylation is 1. The number of hydrogen-bond donors (Lipinski definition) is 0. The second-order valence-corrected chi connectivity index (χ2v) is 3.55. The number of nitrogens with zero attached hydrogens (tertiary/aromatic N) is 3. The largest absolute Gasteiger partial charge is 0.385 e. The zero-order valence-electron chi connectivity index (χ0n) is 9.34. The van der Waals surface area contributed by atoms with E-state index in [0.717, 1.165) is 31.0 Å². The number of benzene rings is 1. The quantitative estimate of drug-likeness (QED) is 0.717. The van der Waals surface area contributed by atoms with Gasteiger partial charge in [0.25, 0.3) is 0 Å². The summed E-state index contributed by atoms with van der Waals surface area (Å²) in [5, 5.41) is 8.07. The molecule has 0 radical (unpaired) electrons. The van der Waals surface area contributed by atoms with Crippen molar-refractivity contribution in [3.05, 3.63) is 42.5 Å². The molecule has 2 aromatic rings. The van der Waals surface area contributed by atoms with Crippen molar-refractivity contribution >= 4 is 0 Å². The molecule has 84 valence electrons. The second kappa shape index (κ2) is 5.42. The van der Waals surface area contributed by atoms with E-state index in [0.29, 0.717) is 0 Å². The Bertz CT molecular complexity index is 425. The van der Waals surface area contributed by atoms with Crippen LogP contribution >= 0.6 is 0 Å². The lowest BCUT2D eigenvalue weighted by atomic mass is 10.3. The van der Waals surface area contributed by atoms with Gasteiger partial charge in [0.2, 0.25) is 0 Å². The molecule has 0 unspecified atom stereocenters. The van der Waals surface area contributed by atoms with Crippen LogP contribution in [0.4, 0.5) is 0 Å². The second-order valence-electron chi connectivity index (χ2n) is 3.55. The van der Waals surface area contributed by atoms with Crippen LogP contribution in [0.15, 0.2) is 36.7 Å². The summed E-state index contributed by atoms with van der Waals surface area (Å²) in [7, 11) is 1.71. The highest BCUT2D eigenvalue weighted by Crippen LogP contribution is 2.10. The number of ether oxygens (including phenoxy) is 1. The average molecular weight is 217 g/mol. The Kier molecular flexibility index (Phi) is 3.66. The Morgan fingerprint density at radius 2 is 2.06 bits per heavy atom. The van der Waals surface area contributed by atoms with Gasteiger partial charge in [-0.15, -0.1) is 10.2 Å². The first kappa shape index (κ1) is 10.8. The van der Waals surface area contributed by atoms with Crippen molar-refractivity contribution in [3.63, 3.8) is 0 Å². The Labute approximate surface area is 94.9 Å². The molecule has 1 aromatic heterocycles. The van der Waals surface area contributed by atoms with Gasteiger partial charge < -0.3 is 4.74 Å². The van der Waals surface area contributed by atoms with Crippen molar-refractivity contribution in [3.8, 4) is 5.69 Å². The zero-order chi connectivity index (χ0) is 11.2. The molecule has 0 fully saturated rings. The van der Waals surface area contributed by atoms with Crippen LogP contribution < -0.4 is 0 Å². The van der Waals surface area contributed by atoms with Crippen molar-refractivity contribution in [2.24, 2.45) is 0 Å². The molecule has 0 saturated carbocycles. The Hall–Kier alpha value is -1.68. The normalized spacial score (nSPS) is 10.6. The zero-order valence-corrected chi connectivity index (χ0v) is 9.34. The van der Waals surface area contributed by atoms with Gasteiger partial charge in [-0.25, -0.2) is 0 Å². The van der Waals surface area contributed by atoms with Crippen LogP contribution in [-0.4, -0.2) is 28.5 Å². The number of aromatic nitrogens is 3. The molecule has 4 nitrogen and oxygen atoms in total. The molecule has 0 spiro atoms. The minimum atomic E-state index is 0.752.